The fourth-order valence-corrected chi connectivity index (χ4v) is 4.29. The molecule has 21 heavy (non-hydrogen) atoms. The van der Waals surface area contributed by atoms with E-state index in [0.717, 1.165) is 15.6 Å². The minimum atomic E-state index is -3.69. The molecule has 0 unspecified atom stereocenters. The van der Waals surface area contributed by atoms with Gasteiger partial charge >= 0.3 is 0 Å². The highest BCUT2D eigenvalue weighted by molar-refractivity contribution is 9.10. The first-order valence-electron chi connectivity index (χ1n) is 6.24. The summed E-state index contributed by atoms with van der Waals surface area (Å²) in [5.74, 6) is 0. The highest BCUT2D eigenvalue weighted by Crippen LogP contribution is 2.30. The first-order valence-corrected chi connectivity index (χ1v) is 8.85. The van der Waals surface area contributed by atoms with Gasteiger partial charge in [0.15, 0.2) is 0 Å². The van der Waals surface area contributed by atoms with Gasteiger partial charge < -0.3 is 0 Å². The second kappa shape index (κ2) is 5.99. The van der Waals surface area contributed by atoms with Gasteiger partial charge in [-0.15, -0.1) is 0 Å². The number of anilines is 1. The topological polar surface area (TPSA) is 37.4 Å². The Morgan fingerprint density at radius 1 is 1.05 bits per heavy atom. The van der Waals surface area contributed by atoms with Crippen molar-refractivity contribution in [3.63, 3.8) is 0 Å². The molecule has 2 rings (SSSR count). The van der Waals surface area contributed by atoms with Crippen molar-refractivity contribution in [1.29, 1.82) is 0 Å². The number of benzene rings is 2. The van der Waals surface area contributed by atoms with E-state index in [1.165, 1.54) is 17.4 Å². The summed E-state index contributed by atoms with van der Waals surface area (Å²) in [6.07, 6.45) is 0. The molecule has 0 saturated carbocycles. The number of halogens is 2. The van der Waals surface area contributed by atoms with Crippen molar-refractivity contribution in [2.45, 2.75) is 18.7 Å². The van der Waals surface area contributed by atoms with E-state index in [9.17, 15) is 8.42 Å². The van der Waals surface area contributed by atoms with Crippen LogP contribution in [0.25, 0.3) is 0 Å². The summed E-state index contributed by atoms with van der Waals surface area (Å²) in [5, 5.41) is 0.195. The summed E-state index contributed by atoms with van der Waals surface area (Å²) >= 11 is 9.34. The Bertz CT molecular complexity index is 770. The molecule has 3 nitrogen and oxygen atoms in total. The average Bonchev–Trinajstić information content (AvgIpc) is 2.36. The lowest BCUT2D eigenvalue weighted by Gasteiger charge is -2.21. The van der Waals surface area contributed by atoms with Gasteiger partial charge in [-0.2, -0.15) is 0 Å². The SMILES string of the molecule is Cc1cc(C)cc(N(C)S(=O)(=O)c2ccc(Br)cc2Cl)c1. The van der Waals surface area contributed by atoms with Crippen LogP contribution < -0.4 is 4.31 Å². The number of hydrogen-bond acceptors (Lipinski definition) is 2. The summed E-state index contributed by atoms with van der Waals surface area (Å²) in [4.78, 5) is 0.0917. The molecule has 0 atom stereocenters. The highest BCUT2D eigenvalue weighted by atomic mass is 79.9. The Hall–Kier alpha value is -1.04. The molecule has 0 N–H and O–H groups in total. The van der Waals surface area contributed by atoms with Crippen LogP contribution in [0.2, 0.25) is 5.02 Å². The second-order valence-electron chi connectivity index (χ2n) is 4.89. The van der Waals surface area contributed by atoms with Crippen molar-refractivity contribution in [3.05, 3.63) is 57.0 Å². The molecule has 0 spiro atoms. The normalized spacial score (nSPS) is 11.5. The lowest BCUT2D eigenvalue weighted by molar-refractivity contribution is 0.594. The van der Waals surface area contributed by atoms with E-state index < -0.39 is 10.0 Å². The second-order valence-corrected chi connectivity index (χ2v) is 8.15. The van der Waals surface area contributed by atoms with Gasteiger partial charge in [-0.05, 0) is 55.3 Å². The van der Waals surface area contributed by atoms with Crippen LogP contribution in [0, 0.1) is 13.8 Å². The molecule has 0 bridgehead atoms. The summed E-state index contributed by atoms with van der Waals surface area (Å²) in [6, 6.07) is 10.4. The Balaban J connectivity index is 2.52. The van der Waals surface area contributed by atoms with Gasteiger partial charge in [0, 0.05) is 11.5 Å². The number of hydrogen-bond donors (Lipinski definition) is 0. The zero-order valence-electron chi connectivity index (χ0n) is 11.9. The molecule has 0 aliphatic carbocycles. The van der Waals surface area contributed by atoms with Gasteiger partial charge in [0.25, 0.3) is 10.0 Å². The van der Waals surface area contributed by atoms with E-state index in [2.05, 4.69) is 15.9 Å². The van der Waals surface area contributed by atoms with Crippen molar-refractivity contribution in [2.75, 3.05) is 11.4 Å². The molecule has 112 valence electrons. The van der Waals surface area contributed by atoms with Crippen LogP contribution in [0.4, 0.5) is 5.69 Å². The van der Waals surface area contributed by atoms with Gasteiger partial charge in [0.2, 0.25) is 0 Å². The molecule has 2 aromatic carbocycles. The van der Waals surface area contributed by atoms with Gasteiger partial charge in [0.05, 0.1) is 10.7 Å². The number of aryl methyl sites for hydroxylation is 2. The van der Waals surface area contributed by atoms with Crippen LogP contribution in [0.15, 0.2) is 45.8 Å². The lowest BCUT2D eigenvalue weighted by Crippen LogP contribution is -2.27. The van der Waals surface area contributed by atoms with E-state index in [4.69, 9.17) is 11.6 Å². The third kappa shape index (κ3) is 3.42. The van der Waals surface area contributed by atoms with Gasteiger partial charge in [-0.1, -0.05) is 33.6 Å². The molecule has 0 saturated heterocycles. The highest BCUT2D eigenvalue weighted by Gasteiger charge is 2.24. The van der Waals surface area contributed by atoms with E-state index in [1.807, 2.05) is 32.0 Å². The largest absolute Gasteiger partial charge is 0.269 e. The summed E-state index contributed by atoms with van der Waals surface area (Å²) in [5.41, 5.74) is 2.63. The molecule has 0 aliphatic heterocycles. The van der Waals surface area contributed by atoms with E-state index in [0.29, 0.717) is 5.69 Å². The standard InChI is InChI=1S/C15H15BrClNO2S/c1-10-6-11(2)8-13(7-10)18(3)21(19,20)15-5-4-12(16)9-14(15)17/h4-9H,1-3H3. The first-order chi connectivity index (χ1) is 9.71. The van der Waals surface area contributed by atoms with Crippen molar-refractivity contribution in [3.8, 4) is 0 Å². The van der Waals surface area contributed by atoms with Gasteiger partial charge in [-0.25, -0.2) is 8.42 Å². The molecule has 0 amide bonds. The minimum Gasteiger partial charge on any atom is -0.269 e. The van der Waals surface area contributed by atoms with Crippen LogP contribution >= 0.6 is 27.5 Å². The number of nitrogens with zero attached hydrogens (tertiary/aromatic N) is 1. The Morgan fingerprint density at radius 3 is 2.14 bits per heavy atom. The summed E-state index contributed by atoms with van der Waals surface area (Å²) < 4.78 is 27.4. The Kier molecular flexibility index (Phi) is 4.66. The fraction of sp³-hybridized carbons (Fsp3) is 0.200. The van der Waals surface area contributed by atoms with Crippen LogP contribution in [0.5, 0.6) is 0 Å². The maximum Gasteiger partial charge on any atom is 0.265 e. The van der Waals surface area contributed by atoms with E-state index >= 15 is 0 Å². The van der Waals surface area contributed by atoms with Crippen LogP contribution in [0.3, 0.4) is 0 Å². The van der Waals surface area contributed by atoms with Crippen molar-refractivity contribution < 1.29 is 8.42 Å². The third-order valence-corrected chi connectivity index (χ3v) is 5.86. The molecule has 0 heterocycles. The molecule has 0 aliphatic rings. The average molecular weight is 389 g/mol. The monoisotopic (exact) mass is 387 g/mol. The smallest absolute Gasteiger partial charge is 0.265 e. The summed E-state index contributed by atoms with van der Waals surface area (Å²) in [6.45, 7) is 3.87. The molecule has 6 heteroatoms. The predicted octanol–water partition coefficient (Wildman–Crippen LogP) is 4.54. The quantitative estimate of drug-likeness (QED) is 0.774. The van der Waals surface area contributed by atoms with Crippen molar-refractivity contribution >= 4 is 43.2 Å². The molecule has 2 aromatic rings. The summed E-state index contributed by atoms with van der Waals surface area (Å²) in [7, 11) is -2.16. The molecule has 0 aromatic heterocycles. The van der Waals surface area contributed by atoms with Crippen LogP contribution in [0.1, 0.15) is 11.1 Å². The lowest BCUT2D eigenvalue weighted by atomic mass is 10.1. The molecule has 0 radical (unpaired) electrons. The van der Waals surface area contributed by atoms with Crippen LogP contribution in [-0.2, 0) is 10.0 Å². The first kappa shape index (κ1) is 16.3. The zero-order chi connectivity index (χ0) is 15.8. The Labute approximate surface area is 138 Å². The van der Waals surface area contributed by atoms with E-state index in [1.54, 1.807) is 12.1 Å². The minimum absolute atomic E-state index is 0.0917. The third-order valence-electron chi connectivity index (χ3n) is 3.10. The molecule has 0 fully saturated rings. The predicted molar refractivity (Wildman–Crippen MR) is 90.7 cm³/mol. The Morgan fingerprint density at radius 2 is 1.62 bits per heavy atom. The zero-order valence-corrected chi connectivity index (χ0v) is 15.1. The van der Waals surface area contributed by atoms with Gasteiger partial charge in [-0.3, -0.25) is 4.31 Å². The number of sulfonamides is 1. The molecular weight excluding hydrogens is 374 g/mol. The maximum absolute atomic E-state index is 12.7. The van der Waals surface area contributed by atoms with Gasteiger partial charge in [0.1, 0.15) is 4.90 Å². The number of rotatable bonds is 3. The van der Waals surface area contributed by atoms with Crippen LogP contribution in [-0.4, -0.2) is 15.5 Å². The van der Waals surface area contributed by atoms with Crippen molar-refractivity contribution in [1.82, 2.24) is 0 Å². The van der Waals surface area contributed by atoms with Crippen molar-refractivity contribution in [2.24, 2.45) is 0 Å². The fourth-order valence-electron chi connectivity index (χ4n) is 2.10. The van der Waals surface area contributed by atoms with E-state index in [-0.39, 0.29) is 9.92 Å². The maximum atomic E-state index is 12.7. The molecular formula is C15H15BrClNO2S.